The van der Waals surface area contributed by atoms with E-state index in [4.69, 9.17) is 4.74 Å². The first-order valence-electron chi connectivity index (χ1n) is 8.28. The predicted octanol–water partition coefficient (Wildman–Crippen LogP) is 2.32. The van der Waals surface area contributed by atoms with Crippen LogP contribution >= 0.6 is 12.4 Å². The first-order valence-corrected chi connectivity index (χ1v) is 8.28. The highest BCUT2D eigenvalue weighted by Gasteiger charge is 2.25. The fraction of sp³-hybridized carbons (Fsp3) is 0.316. The Morgan fingerprint density at radius 2 is 2.04 bits per heavy atom. The van der Waals surface area contributed by atoms with Crippen molar-refractivity contribution in [3.8, 4) is 11.5 Å². The molecule has 0 aromatic heterocycles. The minimum Gasteiger partial charge on any atom is -0.506 e. The summed E-state index contributed by atoms with van der Waals surface area (Å²) in [5.41, 5.74) is 3.28. The Morgan fingerprint density at radius 3 is 2.81 bits per heavy atom. The maximum absolute atomic E-state index is 11.4. The number of phenols is 1. The van der Waals surface area contributed by atoms with E-state index in [1.54, 1.807) is 6.07 Å². The molecule has 1 amide bonds. The second-order valence-electron chi connectivity index (χ2n) is 6.11. The van der Waals surface area contributed by atoms with Crippen molar-refractivity contribution < 1.29 is 19.7 Å². The van der Waals surface area contributed by atoms with Gasteiger partial charge in [-0.3, -0.25) is 4.79 Å². The first-order chi connectivity index (χ1) is 12.1. The molecule has 0 bridgehead atoms. The van der Waals surface area contributed by atoms with E-state index in [0.29, 0.717) is 17.9 Å². The van der Waals surface area contributed by atoms with Gasteiger partial charge < -0.3 is 25.6 Å². The minimum atomic E-state index is -0.804. The lowest BCUT2D eigenvalue weighted by atomic mass is 10.0. The SMILES string of the molecule is Cc1ccccc1CCNCC(O)c1ccc(O)c2c1OCC(=O)N2.Cl. The number of phenolic OH excluding ortho intramolecular Hbond substituents is 1. The van der Waals surface area contributed by atoms with Crippen LogP contribution in [-0.4, -0.2) is 35.8 Å². The third-order valence-corrected chi connectivity index (χ3v) is 4.31. The molecule has 3 rings (SSSR count). The molecule has 140 valence electrons. The zero-order valence-electron chi connectivity index (χ0n) is 14.5. The number of aliphatic hydroxyl groups is 1. The van der Waals surface area contributed by atoms with Gasteiger partial charge in [-0.1, -0.05) is 24.3 Å². The molecule has 0 saturated heterocycles. The standard InChI is InChI=1S/C19H22N2O4.ClH/c1-12-4-2-3-5-13(12)8-9-20-10-16(23)14-6-7-15(22)18-19(14)25-11-17(24)21-18;/h2-7,16,20,22-23H,8-11H2,1H3,(H,21,24);1H. The lowest BCUT2D eigenvalue weighted by Gasteiger charge is -2.24. The Labute approximate surface area is 158 Å². The molecule has 26 heavy (non-hydrogen) atoms. The third-order valence-electron chi connectivity index (χ3n) is 4.31. The second kappa shape index (κ2) is 8.89. The van der Waals surface area contributed by atoms with Crippen molar-refractivity contribution in [2.24, 2.45) is 0 Å². The molecule has 0 spiro atoms. The molecule has 2 aromatic rings. The summed E-state index contributed by atoms with van der Waals surface area (Å²) in [6.45, 7) is 3.04. The van der Waals surface area contributed by atoms with Crippen LogP contribution in [0.15, 0.2) is 36.4 Å². The third kappa shape index (κ3) is 4.46. The zero-order valence-corrected chi connectivity index (χ0v) is 15.3. The lowest BCUT2D eigenvalue weighted by molar-refractivity contribution is -0.118. The normalized spacial score (nSPS) is 13.8. The molecule has 0 fully saturated rings. The van der Waals surface area contributed by atoms with Gasteiger partial charge in [0.15, 0.2) is 12.4 Å². The monoisotopic (exact) mass is 378 g/mol. The van der Waals surface area contributed by atoms with Gasteiger partial charge in [-0.25, -0.2) is 0 Å². The molecule has 0 aliphatic carbocycles. The fourth-order valence-electron chi connectivity index (χ4n) is 2.90. The summed E-state index contributed by atoms with van der Waals surface area (Å²) in [5, 5.41) is 26.1. The van der Waals surface area contributed by atoms with Crippen molar-refractivity contribution in [3.63, 3.8) is 0 Å². The summed E-state index contributed by atoms with van der Waals surface area (Å²) < 4.78 is 5.40. The van der Waals surface area contributed by atoms with Crippen LogP contribution in [0.4, 0.5) is 5.69 Å². The highest BCUT2D eigenvalue weighted by molar-refractivity contribution is 5.97. The van der Waals surface area contributed by atoms with Crippen LogP contribution in [0, 0.1) is 6.92 Å². The van der Waals surface area contributed by atoms with E-state index in [1.165, 1.54) is 17.2 Å². The van der Waals surface area contributed by atoms with Crippen molar-refractivity contribution >= 4 is 24.0 Å². The summed E-state index contributed by atoms with van der Waals surface area (Å²) in [4.78, 5) is 11.4. The molecule has 4 N–H and O–H groups in total. The predicted molar refractivity (Wildman–Crippen MR) is 102 cm³/mol. The van der Waals surface area contributed by atoms with Gasteiger partial charge in [0.25, 0.3) is 5.91 Å². The second-order valence-corrected chi connectivity index (χ2v) is 6.11. The number of aliphatic hydroxyl groups excluding tert-OH is 1. The molecular weight excluding hydrogens is 356 g/mol. The summed E-state index contributed by atoms with van der Waals surface area (Å²) in [6.07, 6.45) is 0.0702. The largest absolute Gasteiger partial charge is 0.506 e. The number of amides is 1. The summed E-state index contributed by atoms with van der Waals surface area (Å²) in [7, 11) is 0. The average Bonchev–Trinajstić information content (AvgIpc) is 2.60. The Bertz CT molecular complexity index is 782. The Hall–Kier alpha value is -2.28. The summed E-state index contributed by atoms with van der Waals surface area (Å²) >= 11 is 0. The fourth-order valence-corrected chi connectivity index (χ4v) is 2.90. The van der Waals surface area contributed by atoms with Gasteiger partial charge in [0, 0.05) is 12.1 Å². The number of ether oxygens (including phenoxy) is 1. The number of halogens is 1. The van der Waals surface area contributed by atoms with Gasteiger partial charge in [0.2, 0.25) is 0 Å². The van der Waals surface area contributed by atoms with Crippen LogP contribution in [0.25, 0.3) is 0 Å². The van der Waals surface area contributed by atoms with Gasteiger partial charge in [-0.05, 0) is 43.1 Å². The quantitative estimate of drug-likeness (QED) is 0.457. The van der Waals surface area contributed by atoms with E-state index in [1.807, 2.05) is 12.1 Å². The molecule has 6 nitrogen and oxygen atoms in total. The van der Waals surface area contributed by atoms with E-state index in [9.17, 15) is 15.0 Å². The highest BCUT2D eigenvalue weighted by atomic mass is 35.5. The number of aromatic hydroxyl groups is 1. The van der Waals surface area contributed by atoms with E-state index in [2.05, 4.69) is 29.7 Å². The number of hydrogen-bond donors (Lipinski definition) is 4. The van der Waals surface area contributed by atoms with Crippen molar-refractivity contribution in [1.29, 1.82) is 0 Å². The molecule has 0 radical (unpaired) electrons. The van der Waals surface area contributed by atoms with Crippen LogP contribution < -0.4 is 15.4 Å². The van der Waals surface area contributed by atoms with Gasteiger partial charge in [0.1, 0.15) is 11.4 Å². The average molecular weight is 379 g/mol. The van der Waals surface area contributed by atoms with Crippen LogP contribution in [-0.2, 0) is 11.2 Å². The van der Waals surface area contributed by atoms with E-state index in [0.717, 1.165) is 13.0 Å². The molecule has 0 saturated carbocycles. The van der Waals surface area contributed by atoms with Crippen molar-refractivity contribution in [2.45, 2.75) is 19.4 Å². The van der Waals surface area contributed by atoms with Crippen LogP contribution in [0.3, 0.4) is 0 Å². The van der Waals surface area contributed by atoms with E-state index >= 15 is 0 Å². The number of fused-ring (bicyclic) bond motifs is 1. The Balaban J connectivity index is 0.00000243. The van der Waals surface area contributed by atoms with Crippen molar-refractivity contribution in [3.05, 3.63) is 53.1 Å². The lowest BCUT2D eigenvalue weighted by Crippen LogP contribution is -2.28. The Morgan fingerprint density at radius 1 is 1.27 bits per heavy atom. The molecule has 1 atom stereocenters. The number of anilines is 1. The maximum atomic E-state index is 11.4. The molecule has 2 aromatic carbocycles. The number of nitrogens with one attached hydrogen (secondary N) is 2. The number of rotatable bonds is 6. The molecule has 1 aliphatic heterocycles. The van der Waals surface area contributed by atoms with Gasteiger partial charge in [0.05, 0.1) is 6.10 Å². The van der Waals surface area contributed by atoms with Gasteiger partial charge >= 0.3 is 0 Å². The number of carbonyl (C=O) groups excluding carboxylic acids is 1. The zero-order chi connectivity index (χ0) is 17.8. The summed E-state index contributed by atoms with van der Waals surface area (Å²) in [5.74, 6) is -0.0786. The molecule has 7 heteroatoms. The van der Waals surface area contributed by atoms with Gasteiger partial charge in [-0.15, -0.1) is 12.4 Å². The first kappa shape index (κ1) is 20.0. The minimum absolute atomic E-state index is 0. The van der Waals surface area contributed by atoms with Gasteiger partial charge in [-0.2, -0.15) is 0 Å². The molecule has 1 heterocycles. The molecule has 1 aliphatic rings. The number of aryl methyl sites for hydroxylation is 1. The summed E-state index contributed by atoms with van der Waals surface area (Å²) in [6, 6.07) is 11.3. The number of carbonyl (C=O) groups is 1. The number of benzene rings is 2. The smallest absolute Gasteiger partial charge is 0.262 e. The molecule has 1 unspecified atom stereocenters. The van der Waals surface area contributed by atoms with Crippen LogP contribution in [0.2, 0.25) is 0 Å². The highest BCUT2D eigenvalue weighted by Crippen LogP contribution is 2.41. The van der Waals surface area contributed by atoms with Crippen LogP contribution in [0.5, 0.6) is 11.5 Å². The molecular formula is C19H23ClN2O4. The van der Waals surface area contributed by atoms with Crippen molar-refractivity contribution in [1.82, 2.24) is 5.32 Å². The topological polar surface area (TPSA) is 90.8 Å². The van der Waals surface area contributed by atoms with E-state index < -0.39 is 6.10 Å². The van der Waals surface area contributed by atoms with Crippen LogP contribution in [0.1, 0.15) is 22.8 Å². The van der Waals surface area contributed by atoms with Crippen molar-refractivity contribution in [2.75, 3.05) is 25.0 Å². The maximum Gasteiger partial charge on any atom is 0.262 e. The van der Waals surface area contributed by atoms with E-state index in [-0.39, 0.29) is 36.4 Å². The Kier molecular flexibility index (Phi) is 6.85. The number of hydrogen-bond acceptors (Lipinski definition) is 5.